The highest BCUT2D eigenvalue weighted by Crippen LogP contribution is 2.27. The smallest absolute Gasteiger partial charge is 0.121 e. The van der Waals surface area contributed by atoms with Gasteiger partial charge in [0.1, 0.15) is 5.75 Å². The minimum Gasteiger partial charge on any atom is -0.497 e. The van der Waals surface area contributed by atoms with Gasteiger partial charge in [0, 0.05) is 19.7 Å². The van der Waals surface area contributed by atoms with E-state index in [1.165, 1.54) is 5.56 Å². The predicted octanol–water partition coefficient (Wildman–Crippen LogP) is 3.35. The number of nitrogen functional groups attached to an aromatic ring is 1. The molecule has 0 saturated heterocycles. The van der Waals surface area contributed by atoms with E-state index < -0.39 is 0 Å². The summed E-state index contributed by atoms with van der Waals surface area (Å²) in [6.07, 6.45) is 2.17. The van der Waals surface area contributed by atoms with Crippen molar-refractivity contribution in [3.8, 4) is 5.75 Å². The molecule has 0 atom stereocenters. The largest absolute Gasteiger partial charge is 0.497 e. The fraction of sp³-hybridized carbons (Fsp3) is 0.294. The number of nitrogens with two attached hydrogens (primary N) is 1. The summed E-state index contributed by atoms with van der Waals surface area (Å²) in [6, 6.07) is 16.3. The van der Waals surface area contributed by atoms with E-state index in [1.54, 1.807) is 7.11 Å². The summed E-state index contributed by atoms with van der Waals surface area (Å²) >= 11 is 0. The highest BCUT2D eigenvalue weighted by molar-refractivity contribution is 5.69. The first-order valence-corrected chi connectivity index (χ1v) is 6.89. The molecule has 0 aromatic heterocycles. The van der Waals surface area contributed by atoms with Gasteiger partial charge >= 0.3 is 0 Å². The maximum absolute atomic E-state index is 6.03. The number of methoxy groups -OCH3 is 1. The molecular formula is C17H22N2O. The summed E-state index contributed by atoms with van der Waals surface area (Å²) in [5.41, 5.74) is 9.22. The van der Waals surface area contributed by atoms with Crippen molar-refractivity contribution in [1.29, 1.82) is 0 Å². The molecule has 20 heavy (non-hydrogen) atoms. The van der Waals surface area contributed by atoms with Crippen LogP contribution in [0.15, 0.2) is 48.5 Å². The van der Waals surface area contributed by atoms with E-state index in [4.69, 9.17) is 10.5 Å². The van der Waals surface area contributed by atoms with Crippen molar-refractivity contribution in [2.24, 2.45) is 0 Å². The number of anilines is 2. The van der Waals surface area contributed by atoms with Crippen LogP contribution in [0.25, 0.3) is 0 Å². The lowest BCUT2D eigenvalue weighted by atomic mass is 10.1. The van der Waals surface area contributed by atoms with E-state index in [9.17, 15) is 0 Å². The molecule has 0 radical (unpaired) electrons. The molecule has 3 nitrogen and oxygen atoms in total. The van der Waals surface area contributed by atoms with Gasteiger partial charge in [-0.25, -0.2) is 0 Å². The quantitative estimate of drug-likeness (QED) is 0.818. The van der Waals surface area contributed by atoms with Gasteiger partial charge < -0.3 is 15.4 Å². The third-order valence-electron chi connectivity index (χ3n) is 3.45. The van der Waals surface area contributed by atoms with Crippen molar-refractivity contribution in [3.05, 3.63) is 54.1 Å². The fourth-order valence-corrected chi connectivity index (χ4v) is 2.27. The van der Waals surface area contributed by atoms with Gasteiger partial charge in [0.2, 0.25) is 0 Å². The molecule has 2 aromatic rings. The fourth-order valence-electron chi connectivity index (χ4n) is 2.27. The lowest BCUT2D eigenvalue weighted by molar-refractivity contribution is 0.415. The van der Waals surface area contributed by atoms with Crippen molar-refractivity contribution in [2.75, 3.05) is 31.3 Å². The van der Waals surface area contributed by atoms with Gasteiger partial charge in [-0.15, -0.1) is 0 Å². The van der Waals surface area contributed by atoms with E-state index in [-0.39, 0.29) is 0 Å². The maximum atomic E-state index is 6.03. The summed E-state index contributed by atoms with van der Waals surface area (Å²) in [6.45, 7) is 0.965. The maximum Gasteiger partial charge on any atom is 0.121 e. The molecule has 2 aromatic carbocycles. The summed E-state index contributed by atoms with van der Waals surface area (Å²) in [5, 5.41) is 0. The molecule has 106 valence electrons. The molecule has 0 aliphatic heterocycles. The van der Waals surface area contributed by atoms with Gasteiger partial charge in [0.05, 0.1) is 18.5 Å². The minimum atomic E-state index is 0.785. The van der Waals surface area contributed by atoms with Crippen LogP contribution < -0.4 is 15.4 Å². The zero-order valence-electron chi connectivity index (χ0n) is 12.2. The molecule has 3 heteroatoms. The molecule has 2 rings (SSSR count). The first kappa shape index (κ1) is 14.3. The van der Waals surface area contributed by atoms with E-state index in [1.807, 2.05) is 24.3 Å². The molecule has 0 bridgehead atoms. The first-order valence-electron chi connectivity index (χ1n) is 6.89. The van der Waals surface area contributed by atoms with Gasteiger partial charge in [-0.2, -0.15) is 0 Å². The molecule has 0 unspecified atom stereocenters. The summed E-state index contributed by atoms with van der Waals surface area (Å²) in [5.74, 6) is 0.837. The molecule has 0 heterocycles. The van der Waals surface area contributed by atoms with Gasteiger partial charge in [0.25, 0.3) is 0 Å². The third-order valence-corrected chi connectivity index (χ3v) is 3.45. The van der Waals surface area contributed by atoms with Crippen molar-refractivity contribution in [2.45, 2.75) is 12.8 Å². The van der Waals surface area contributed by atoms with Crippen molar-refractivity contribution in [1.82, 2.24) is 0 Å². The number of benzene rings is 2. The van der Waals surface area contributed by atoms with Crippen LogP contribution in [0.5, 0.6) is 5.75 Å². The zero-order valence-corrected chi connectivity index (χ0v) is 12.2. The Morgan fingerprint density at radius 2 is 1.85 bits per heavy atom. The van der Waals surface area contributed by atoms with Crippen LogP contribution in [-0.2, 0) is 6.42 Å². The Morgan fingerprint density at radius 3 is 2.55 bits per heavy atom. The molecule has 0 amide bonds. The second-order valence-corrected chi connectivity index (χ2v) is 4.94. The van der Waals surface area contributed by atoms with Gasteiger partial charge in [-0.05, 0) is 30.5 Å². The standard InChI is InChI=1S/C17H22N2O/c1-19(12-6-9-14-7-4-3-5-8-14)17-13-15(20-2)10-11-16(17)18/h3-5,7-8,10-11,13H,6,9,12,18H2,1-2H3. The van der Waals surface area contributed by atoms with Crippen molar-refractivity contribution < 1.29 is 4.74 Å². The Balaban J connectivity index is 1.93. The van der Waals surface area contributed by atoms with Crippen LogP contribution in [0, 0.1) is 0 Å². The van der Waals surface area contributed by atoms with E-state index in [0.29, 0.717) is 0 Å². The summed E-state index contributed by atoms with van der Waals surface area (Å²) in [4.78, 5) is 2.18. The van der Waals surface area contributed by atoms with Crippen LogP contribution in [-0.4, -0.2) is 20.7 Å². The second kappa shape index (κ2) is 6.85. The van der Waals surface area contributed by atoms with Crippen LogP contribution in [0.2, 0.25) is 0 Å². The van der Waals surface area contributed by atoms with Crippen LogP contribution in [0.3, 0.4) is 0 Å². The van der Waals surface area contributed by atoms with Gasteiger partial charge in [-0.1, -0.05) is 30.3 Å². The molecule has 0 fully saturated rings. The minimum absolute atomic E-state index is 0.785. The SMILES string of the molecule is COc1ccc(N)c(N(C)CCCc2ccccc2)c1. The number of nitrogens with zero attached hydrogens (tertiary/aromatic N) is 1. The normalized spacial score (nSPS) is 10.3. The van der Waals surface area contributed by atoms with Crippen LogP contribution in [0.1, 0.15) is 12.0 Å². The van der Waals surface area contributed by atoms with Crippen LogP contribution in [0.4, 0.5) is 11.4 Å². The van der Waals surface area contributed by atoms with Gasteiger partial charge in [0.15, 0.2) is 0 Å². The summed E-state index contributed by atoms with van der Waals surface area (Å²) in [7, 11) is 3.74. The number of hydrogen-bond acceptors (Lipinski definition) is 3. The number of rotatable bonds is 6. The Hall–Kier alpha value is -2.16. The molecule has 0 saturated carbocycles. The molecule has 0 aliphatic rings. The van der Waals surface area contributed by atoms with E-state index in [0.717, 1.165) is 36.5 Å². The first-order chi connectivity index (χ1) is 9.70. The second-order valence-electron chi connectivity index (χ2n) is 4.94. The highest BCUT2D eigenvalue weighted by atomic mass is 16.5. The number of ether oxygens (including phenoxy) is 1. The topological polar surface area (TPSA) is 38.5 Å². The lowest BCUT2D eigenvalue weighted by Crippen LogP contribution is -2.20. The summed E-state index contributed by atoms with van der Waals surface area (Å²) < 4.78 is 5.25. The van der Waals surface area contributed by atoms with E-state index >= 15 is 0 Å². The molecule has 0 spiro atoms. The Labute approximate surface area is 121 Å². The number of hydrogen-bond donors (Lipinski definition) is 1. The highest BCUT2D eigenvalue weighted by Gasteiger charge is 2.07. The van der Waals surface area contributed by atoms with Crippen molar-refractivity contribution >= 4 is 11.4 Å². The molecule has 2 N–H and O–H groups in total. The average Bonchev–Trinajstić information content (AvgIpc) is 2.48. The van der Waals surface area contributed by atoms with Crippen molar-refractivity contribution in [3.63, 3.8) is 0 Å². The Bertz CT molecular complexity index is 540. The Kier molecular flexibility index (Phi) is 4.88. The average molecular weight is 270 g/mol. The Morgan fingerprint density at radius 1 is 1.10 bits per heavy atom. The number of aryl methyl sites for hydroxylation is 1. The van der Waals surface area contributed by atoms with Gasteiger partial charge in [-0.3, -0.25) is 0 Å². The predicted molar refractivity (Wildman–Crippen MR) is 85.4 cm³/mol. The monoisotopic (exact) mass is 270 g/mol. The van der Waals surface area contributed by atoms with Crippen LogP contribution >= 0.6 is 0 Å². The molecule has 0 aliphatic carbocycles. The third kappa shape index (κ3) is 3.67. The lowest BCUT2D eigenvalue weighted by Gasteiger charge is -2.21. The molecular weight excluding hydrogens is 248 g/mol. The zero-order chi connectivity index (χ0) is 14.4. The van der Waals surface area contributed by atoms with E-state index in [2.05, 4.69) is 36.2 Å².